The largest absolute Gasteiger partial charge is 0.472 e. The summed E-state index contributed by atoms with van der Waals surface area (Å²) in [6, 6.07) is 0. The summed E-state index contributed by atoms with van der Waals surface area (Å²) in [6.07, 6.45) is 1.48. The third kappa shape index (κ3) is 15.7. The van der Waals surface area contributed by atoms with Gasteiger partial charge in [-0.1, -0.05) is 14.4 Å². The van der Waals surface area contributed by atoms with Crippen LogP contribution in [0, 0.1) is 0 Å². The van der Waals surface area contributed by atoms with E-state index in [1.807, 2.05) is 28.1 Å². The number of hydrogen-bond donors (Lipinski definition) is 1. The summed E-state index contributed by atoms with van der Waals surface area (Å²) in [4.78, 5) is 20.4. The molecule has 1 unspecified atom stereocenters. The van der Waals surface area contributed by atoms with E-state index in [9.17, 15) is 14.3 Å². The summed E-state index contributed by atoms with van der Waals surface area (Å²) in [5, 5.41) is 0. The lowest BCUT2D eigenvalue weighted by Gasteiger charge is -2.24. The molecule has 8 heteroatoms. The van der Waals surface area contributed by atoms with Crippen molar-refractivity contribution in [2.24, 2.45) is 0 Å². The van der Waals surface area contributed by atoms with Crippen LogP contribution >= 0.6 is 7.82 Å². The molecule has 0 aromatic rings. The monoisotopic (exact) mass is 328 g/mol. The van der Waals surface area contributed by atoms with Gasteiger partial charge in [0.2, 0.25) is 0 Å². The second kappa shape index (κ2) is 11.2. The topological polar surface area (TPSA) is 82.1 Å². The maximum Gasteiger partial charge on any atom is 0.472 e. The Morgan fingerprint density at radius 1 is 1.14 bits per heavy atom. The Morgan fingerprint density at radius 3 is 2.24 bits per heavy atom. The van der Waals surface area contributed by atoms with Gasteiger partial charge in [-0.05, 0) is 6.42 Å². The van der Waals surface area contributed by atoms with E-state index < -0.39 is 7.82 Å². The van der Waals surface area contributed by atoms with Crippen LogP contribution < -0.4 is 0 Å². The predicted octanol–water partition coefficient (Wildman–Crippen LogP) is 2.20. The van der Waals surface area contributed by atoms with Crippen molar-refractivity contribution in [3.8, 4) is 0 Å². The highest BCUT2D eigenvalue weighted by Gasteiger charge is 2.22. The number of quaternary nitrogens is 1. The zero-order chi connectivity index (χ0) is 15.6. The lowest BCUT2D eigenvalue weighted by Crippen LogP contribution is -2.37. The smallest absolute Gasteiger partial charge is 0.466 e. The van der Waals surface area contributed by atoms with Gasteiger partial charge in [0.15, 0.2) is 0 Å². The molecule has 1 atom stereocenters. The first-order chi connectivity index (χ1) is 9.16. The van der Waals surface area contributed by atoms with Crippen molar-refractivity contribution in [1.29, 1.82) is 0 Å². The molecule has 21 heavy (non-hydrogen) atoms. The molecule has 0 aromatic carbocycles. The van der Waals surface area contributed by atoms with Crippen molar-refractivity contribution in [1.82, 2.24) is 0 Å². The molecule has 0 aliphatic carbocycles. The summed E-state index contributed by atoms with van der Waals surface area (Å²) in [6.45, 7) is 2.82. The van der Waals surface area contributed by atoms with E-state index >= 15 is 0 Å². The molecule has 128 valence electrons. The van der Waals surface area contributed by atoms with E-state index in [4.69, 9.17) is 13.8 Å². The summed E-state index contributed by atoms with van der Waals surface area (Å²) < 4.78 is 26.6. The van der Waals surface area contributed by atoms with Crippen molar-refractivity contribution < 1.29 is 32.5 Å². The number of rotatable bonds is 11. The number of nitrogens with zero attached hydrogens (tertiary/aromatic N) is 1. The first-order valence-corrected chi connectivity index (χ1v) is 8.24. The first kappa shape index (κ1) is 22.8. The van der Waals surface area contributed by atoms with Crippen LogP contribution in [0.25, 0.3) is 0 Å². The van der Waals surface area contributed by atoms with Gasteiger partial charge in [-0.2, -0.15) is 0 Å². The number of phosphoric ester groups is 1. The Balaban J connectivity index is 0. The number of ether oxygens (including phenoxy) is 1. The van der Waals surface area contributed by atoms with E-state index in [-0.39, 0.29) is 33.2 Å². The van der Waals surface area contributed by atoms with Gasteiger partial charge in [-0.3, -0.25) is 13.8 Å². The zero-order valence-corrected chi connectivity index (χ0v) is 13.7. The first-order valence-electron chi connectivity index (χ1n) is 6.74. The average molecular weight is 328 g/mol. The normalized spacial score (nSPS) is 14.1. The van der Waals surface area contributed by atoms with E-state index in [2.05, 4.69) is 0 Å². The molecular weight excluding hydrogens is 297 g/mol. The second-order valence-corrected chi connectivity index (χ2v) is 6.93. The van der Waals surface area contributed by atoms with Crippen LogP contribution in [0.3, 0.4) is 0 Å². The van der Waals surface area contributed by atoms with Crippen LogP contribution in [0.4, 0.5) is 0 Å². The third-order valence-electron chi connectivity index (χ3n) is 2.28. The number of carbonyl (C=O) groups excluding carboxylic acids is 1. The summed E-state index contributed by atoms with van der Waals surface area (Å²) in [7, 11) is 1.86. The molecule has 0 aliphatic rings. The third-order valence-corrected chi connectivity index (χ3v) is 3.29. The van der Waals surface area contributed by atoms with Gasteiger partial charge >= 0.3 is 13.8 Å². The quantitative estimate of drug-likeness (QED) is 0.271. The van der Waals surface area contributed by atoms with E-state index in [1.54, 1.807) is 0 Å². The molecule has 0 aliphatic heterocycles. The molecular formula is C13H31NO6P+. The van der Waals surface area contributed by atoms with Gasteiger partial charge in [0.25, 0.3) is 0 Å². The van der Waals surface area contributed by atoms with E-state index in [1.165, 1.54) is 0 Å². The molecule has 7 nitrogen and oxygen atoms in total. The minimum Gasteiger partial charge on any atom is -0.466 e. The predicted molar refractivity (Wildman–Crippen MR) is 81.8 cm³/mol. The maximum absolute atomic E-state index is 11.5. The molecule has 0 rings (SSSR count). The molecule has 0 radical (unpaired) electrons. The molecule has 0 amide bonds. The highest BCUT2D eigenvalue weighted by molar-refractivity contribution is 7.47. The number of esters is 1. The fourth-order valence-electron chi connectivity index (χ4n) is 1.17. The Labute approximate surface area is 128 Å². The van der Waals surface area contributed by atoms with Gasteiger partial charge in [0.1, 0.15) is 13.2 Å². The second-order valence-electron chi connectivity index (χ2n) is 5.47. The van der Waals surface area contributed by atoms with Crippen molar-refractivity contribution in [3.05, 3.63) is 0 Å². The number of hydrogen-bond acceptors (Lipinski definition) is 5. The van der Waals surface area contributed by atoms with Gasteiger partial charge in [0.05, 0.1) is 34.4 Å². The van der Waals surface area contributed by atoms with Crippen LogP contribution in [0.1, 0.15) is 33.6 Å². The zero-order valence-electron chi connectivity index (χ0n) is 12.8. The van der Waals surface area contributed by atoms with Crippen LogP contribution in [-0.2, 0) is 23.1 Å². The molecule has 1 N–H and O–H groups in total. The SMILES string of the molecule is C.CCCC(=O)OCCCOP(=O)(O)OCC[N+](C)(C)C. The Kier molecular flexibility index (Phi) is 12.1. The van der Waals surface area contributed by atoms with Crippen molar-refractivity contribution >= 4 is 13.8 Å². The van der Waals surface area contributed by atoms with Crippen LogP contribution in [-0.4, -0.2) is 62.9 Å². The summed E-state index contributed by atoms with van der Waals surface area (Å²) >= 11 is 0. The minimum atomic E-state index is -4.01. The summed E-state index contributed by atoms with van der Waals surface area (Å²) in [5.74, 6) is -0.265. The van der Waals surface area contributed by atoms with Gasteiger partial charge in [-0.25, -0.2) is 4.57 Å². The fraction of sp³-hybridized carbons (Fsp3) is 0.923. The van der Waals surface area contributed by atoms with Gasteiger partial charge in [-0.15, -0.1) is 0 Å². The fourth-order valence-corrected chi connectivity index (χ4v) is 1.92. The van der Waals surface area contributed by atoms with Crippen LogP contribution in [0.2, 0.25) is 0 Å². The molecule has 0 saturated carbocycles. The van der Waals surface area contributed by atoms with Gasteiger partial charge in [0, 0.05) is 12.8 Å². The molecule has 0 aromatic heterocycles. The Bertz CT molecular complexity index is 329. The van der Waals surface area contributed by atoms with E-state index in [0.717, 1.165) is 6.42 Å². The highest BCUT2D eigenvalue weighted by atomic mass is 31.2. The van der Waals surface area contributed by atoms with Crippen molar-refractivity contribution in [2.45, 2.75) is 33.6 Å². The minimum absolute atomic E-state index is 0. The van der Waals surface area contributed by atoms with E-state index in [0.29, 0.717) is 23.9 Å². The Morgan fingerprint density at radius 2 is 1.71 bits per heavy atom. The van der Waals surface area contributed by atoms with Crippen molar-refractivity contribution in [3.63, 3.8) is 0 Å². The molecule has 0 saturated heterocycles. The molecule has 0 spiro atoms. The number of phosphoric acid groups is 1. The average Bonchev–Trinajstić information content (AvgIpc) is 2.26. The lowest BCUT2D eigenvalue weighted by atomic mass is 10.3. The van der Waals surface area contributed by atoms with Crippen molar-refractivity contribution in [2.75, 3.05) is 47.5 Å². The van der Waals surface area contributed by atoms with Crippen LogP contribution in [0.15, 0.2) is 0 Å². The Hall–Kier alpha value is -0.460. The standard InChI is InChI=1S/C12H26NO6P.CH4/c1-5-7-12(14)17-9-6-10-18-20(15,16)19-11-8-13(2,3)4;/h5-11H2,1-4H3;1H4/p+1. The maximum atomic E-state index is 11.5. The highest BCUT2D eigenvalue weighted by Crippen LogP contribution is 2.43. The lowest BCUT2D eigenvalue weighted by molar-refractivity contribution is -0.870. The molecule has 0 bridgehead atoms. The summed E-state index contributed by atoms with van der Waals surface area (Å²) in [5.41, 5.74) is 0. The van der Waals surface area contributed by atoms with Gasteiger partial charge < -0.3 is 14.1 Å². The molecule has 0 fully saturated rings. The number of likely N-dealkylation sites (N-methyl/N-ethyl adjacent to an activating group) is 1. The number of carbonyl (C=O) groups is 1. The molecule has 0 heterocycles. The van der Waals surface area contributed by atoms with Crippen LogP contribution in [0.5, 0.6) is 0 Å².